The molecule has 5 nitrogen and oxygen atoms in total. The Bertz CT molecular complexity index is 488. The molecule has 2 aromatic rings. The average Bonchev–Trinajstić information content (AvgIpc) is 2.84. The number of nitrogens with zero attached hydrogens (tertiary/aromatic N) is 4. The molecule has 0 amide bonds. The largest absolute Gasteiger partial charge is 0.321 e. The van der Waals surface area contributed by atoms with Gasteiger partial charge >= 0.3 is 0 Å². The first-order valence-electron chi connectivity index (χ1n) is 5.52. The topological polar surface area (TPSA) is 47.7 Å². The number of aromatic nitrogens is 4. The molecule has 6 heteroatoms. The minimum absolute atomic E-state index is 0.659. The smallest absolute Gasteiger partial charge is 0.128 e. The third-order valence-electron chi connectivity index (χ3n) is 2.64. The van der Waals surface area contributed by atoms with Gasteiger partial charge < -0.3 is 9.88 Å². The molecular formula is C11H16ClN5. The van der Waals surface area contributed by atoms with Gasteiger partial charge in [0, 0.05) is 33.3 Å². The third-order valence-corrected chi connectivity index (χ3v) is 2.99. The lowest BCUT2D eigenvalue weighted by molar-refractivity contribution is 0.628. The highest BCUT2D eigenvalue weighted by atomic mass is 35.5. The first kappa shape index (κ1) is 12.1. The second kappa shape index (κ2) is 5.33. The second-order valence-corrected chi connectivity index (χ2v) is 4.35. The molecule has 17 heavy (non-hydrogen) atoms. The number of nitrogens with one attached hydrogen (secondary N) is 1. The fourth-order valence-corrected chi connectivity index (χ4v) is 1.75. The van der Waals surface area contributed by atoms with Crippen molar-refractivity contribution in [2.45, 2.75) is 13.0 Å². The Labute approximate surface area is 105 Å². The van der Waals surface area contributed by atoms with Crippen molar-refractivity contribution in [1.82, 2.24) is 24.6 Å². The SMILES string of the molecule is Cn1ccc(CCNCc2ncc(Cl)n2C)n1. The second-order valence-electron chi connectivity index (χ2n) is 3.96. The number of halogens is 1. The van der Waals surface area contributed by atoms with E-state index in [9.17, 15) is 0 Å². The van der Waals surface area contributed by atoms with E-state index in [0.717, 1.165) is 31.0 Å². The Morgan fingerprint density at radius 1 is 1.41 bits per heavy atom. The summed E-state index contributed by atoms with van der Waals surface area (Å²) in [7, 11) is 3.83. The molecule has 2 rings (SSSR count). The Hall–Kier alpha value is -1.33. The molecule has 0 fully saturated rings. The van der Waals surface area contributed by atoms with Gasteiger partial charge in [0.25, 0.3) is 0 Å². The lowest BCUT2D eigenvalue weighted by atomic mass is 10.3. The van der Waals surface area contributed by atoms with Crippen molar-refractivity contribution in [3.05, 3.63) is 35.1 Å². The van der Waals surface area contributed by atoms with Crippen LogP contribution in [0.15, 0.2) is 18.5 Å². The van der Waals surface area contributed by atoms with Crippen LogP contribution in [-0.2, 0) is 27.1 Å². The quantitative estimate of drug-likeness (QED) is 0.813. The maximum absolute atomic E-state index is 5.90. The van der Waals surface area contributed by atoms with Crippen LogP contribution in [0.4, 0.5) is 0 Å². The van der Waals surface area contributed by atoms with Gasteiger partial charge in [0.1, 0.15) is 11.0 Å². The summed E-state index contributed by atoms with van der Waals surface area (Å²) in [6, 6.07) is 2.03. The zero-order valence-corrected chi connectivity index (χ0v) is 10.8. The van der Waals surface area contributed by atoms with Crippen LogP contribution in [-0.4, -0.2) is 25.9 Å². The number of aryl methyl sites for hydroxylation is 1. The summed E-state index contributed by atoms with van der Waals surface area (Å²) in [5, 5.41) is 8.29. The summed E-state index contributed by atoms with van der Waals surface area (Å²) in [4.78, 5) is 4.21. The van der Waals surface area contributed by atoms with E-state index in [0.29, 0.717) is 5.15 Å². The van der Waals surface area contributed by atoms with E-state index in [1.807, 2.05) is 35.6 Å². The van der Waals surface area contributed by atoms with Crippen molar-refractivity contribution >= 4 is 11.6 Å². The fraction of sp³-hybridized carbons (Fsp3) is 0.455. The molecule has 0 saturated carbocycles. The van der Waals surface area contributed by atoms with Gasteiger partial charge in [0.15, 0.2) is 0 Å². The summed E-state index contributed by atoms with van der Waals surface area (Å²) in [5.74, 6) is 0.941. The van der Waals surface area contributed by atoms with E-state index < -0.39 is 0 Å². The average molecular weight is 254 g/mol. The standard InChI is InChI=1S/C11H16ClN5/c1-16-6-4-9(15-16)3-5-13-8-11-14-7-10(12)17(11)2/h4,6-7,13H,3,5,8H2,1-2H3. The minimum atomic E-state index is 0.659. The molecule has 0 bridgehead atoms. The summed E-state index contributed by atoms with van der Waals surface area (Å²) in [5.41, 5.74) is 1.10. The van der Waals surface area contributed by atoms with Crippen LogP contribution in [0.2, 0.25) is 5.15 Å². The molecule has 0 saturated heterocycles. The van der Waals surface area contributed by atoms with Crippen LogP contribution in [0.3, 0.4) is 0 Å². The zero-order chi connectivity index (χ0) is 12.3. The van der Waals surface area contributed by atoms with Crippen LogP contribution >= 0.6 is 11.6 Å². The molecule has 0 radical (unpaired) electrons. The van der Waals surface area contributed by atoms with Gasteiger partial charge in [-0.1, -0.05) is 11.6 Å². The lowest BCUT2D eigenvalue weighted by Crippen LogP contribution is -2.19. The van der Waals surface area contributed by atoms with Crippen LogP contribution in [0.5, 0.6) is 0 Å². The van der Waals surface area contributed by atoms with E-state index in [4.69, 9.17) is 11.6 Å². The van der Waals surface area contributed by atoms with E-state index in [1.54, 1.807) is 6.20 Å². The summed E-state index contributed by atoms with van der Waals surface area (Å²) in [6.45, 7) is 1.59. The molecule has 1 N–H and O–H groups in total. The number of rotatable bonds is 5. The number of hydrogen-bond donors (Lipinski definition) is 1. The van der Waals surface area contributed by atoms with Gasteiger partial charge in [-0.2, -0.15) is 5.10 Å². The molecule has 0 spiro atoms. The molecule has 0 aliphatic carbocycles. The van der Waals surface area contributed by atoms with Crippen molar-refractivity contribution in [2.24, 2.45) is 14.1 Å². The molecule has 0 aromatic carbocycles. The van der Waals surface area contributed by atoms with Crippen LogP contribution < -0.4 is 5.32 Å². The van der Waals surface area contributed by atoms with E-state index in [2.05, 4.69) is 15.4 Å². The van der Waals surface area contributed by atoms with Gasteiger partial charge in [-0.25, -0.2) is 4.98 Å². The predicted molar refractivity (Wildman–Crippen MR) is 66.8 cm³/mol. The normalized spacial score (nSPS) is 11.0. The molecule has 0 aliphatic rings. The highest BCUT2D eigenvalue weighted by Crippen LogP contribution is 2.08. The van der Waals surface area contributed by atoms with Crippen LogP contribution in [0.1, 0.15) is 11.5 Å². The van der Waals surface area contributed by atoms with Gasteiger partial charge in [0.05, 0.1) is 18.4 Å². The first-order valence-corrected chi connectivity index (χ1v) is 5.90. The van der Waals surface area contributed by atoms with Gasteiger partial charge in [-0.3, -0.25) is 4.68 Å². The maximum Gasteiger partial charge on any atom is 0.128 e. The predicted octanol–water partition coefficient (Wildman–Crippen LogP) is 1.14. The van der Waals surface area contributed by atoms with Crippen molar-refractivity contribution in [1.29, 1.82) is 0 Å². The molecule has 2 aromatic heterocycles. The van der Waals surface area contributed by atoms with Crippen molar-refractivity contribution in [3.8, 4) is 0 Å². The Balaban J connectivity index is 1.75. The first-order chi connectivity index (χ1) is 8.16. The van der Waals surface area contributed by atoms with Gasteiger partial charge in [-0.15, -0.1) is 0 Å². The summed E-state index contributed by atoms with van der Waals surface area (Å²) >= 11 is 5.90. The highest BCUT2D eigenvalue weighted by molar-refractivity contribution is 6.29. The van der Waals surface area contributed by atoms with E-state index >= 15 is 0 Å². The molecule has 92 valence electrons. The molecule has 0 unspecified atom stereocenters. The maximum atomic E-state index is 5.90. The van der Waals surface area contributed by atoms with E-state index in [1.165, 1.54) is 0 Å². The Morgan fingerprint density at radius 2 is 2.24 bits per heavy atom. The van der Waals surface area contributed by atoms with Crippen molar-refractivity contribution in [2.75, 3.05) is 6.54 Å². The monoisotopic (exact) mass is 253 g/mol. The molecule has 0 aliphatic heterocycles. The minimum Gasteiger partial charge on any atom is -0.321 e. The Morgan fingerprint density at radius 3 is 2.82 bits per heavy atom. The lowest BCUT2D eigenvalue weighted by Gasteiger charge is -2.04. The fourth-order valence-electron chi connectivity index (χ4n) is 1.60. The summed E-state index contributed by atoms with van der Waals surface area (Å²) < 4.78 is 3.68. The summed E-state index contributed by atoms with van der Waals surface area (Å²) in [6.07, 6.45) is 4.53. The van der Waals surface area contributed by atoms with E-state index in [-0.39, 0.29) is 0 Å². The number of imidazole rings is 1. The van der Waals surface area contributed by atoms with Gasteiger partial charge in [-0.05, 0) is 6.07 Å². The molecule has 0 atom stereocenters. The highest BCUT2D eigenvalue weighted by Gasteiger charge is 2.03. The van der Waals surface area contributed by atoms with Crippen LogP contribution in [0, 0.1) is 0 Å². The van der Waals surface area contributed by atoms with Crippen LogP contribution in [0.25, 0.3) is 0 Å². The Kier molecular flexibility index (Phi) is 3.81. The van der Waals surface area contributed by atoms with Gasteiger partial charge in [0.2, 0.25) is 0 Å². The van der Waals surface area contributed by atoms with Crippen molar-refractivity contribution < 1.29 is 0 Å². The zero-order valence-electron chi connectivity index (χ0n) is 10.0. The third kappa shape index (κ3) is 3.08. The number of hydrogen-bond acceptors (Lipinski definition) is 3. The molecule has 2 heterocycles. The molecular weight excluding hydrogens is 238 g/mol. The van der Waals surface area contributed by atoms with Crippen molar-refractivity contribution in [3.63, 3.8) is 0 Å².